The van der Waals surface area contributed by atoms with Gasteiger partial charge in [0, 0.05) is 5.56 Å². The fourth-order valence-corrected chi connectivity index (χ4v) is 2.56. The Bertz CT molecular complexity index is 626. The minimum Gasteiger partial charge on any atom is -0.477 e. The van der Waals surface area contributed by atoms with Gasteiger partial charge in [0.05, 0.1) is 5.69 Å². The minimum absolute atomic E-state index is 0.137. The zero-order valence-electron chi connectivity index (χ0n) is 10.6. The largest absolute Gasteiger partial charge is 0.477 e. The first-order valence-electron chi connectivity index (χ1n) is 5.68. The first-order valence-corrected chi connectivity index (χ1v) is 6.56. The molecule has 1 aromatic carbocycles. The van der Waals surface area contributed by atoms with Crippen molar-refractivity contribution in [3.63, 3.8) is 0 Å². The summed E-state index contributed by atoms with van der Waals surface area (Å²) in [5, 5.41) is 13.3. The van der Waals surface area contributed by atoms with Gasteiger partial charge in [-0.3, -0.25) is 4.79 Å². The summed E-state index contributed by atoms with van der Waals surface area (Å²) >= 11 is 1.09. The maximum Gasteiger partial charge on any atom is 0.348 e. The topological polar surface area (TPSA) is 66.4 Å². The van der Waals surface area contributed by atoms with Crippen LogP contribution in [0.25, 0.3) is 0 Å². The van der Waals surface area contributed by atoms with Gasteiger partial charge in [-0.2, -0.15) is 0 Å². The Kier molecular flexibility index (Phi) is 3.66. The number of anilines is 1. The standard InChI is InChI=1S/C14H13NO3S/c1-8-5-9(2)7-10(6-8)13(16)15-11-3-4-19-12(11)14(17)18/h3-7H,1-2H3,(H,15,16)(H,17,18). The molecule has 1 aromatic heterocycles. The van der Waals surface area contributed by atoms with E-state index in [9.17, 15) is 9.59 Å². The highest BCUT2D eigenvalue weighted by atomic mass is 32.1. The number of hydrogen-bond acceptors (Lipinski definition) is 3. The fourth-order valence-electron chi connectivity index (χ4n) is 1.87. The fraction of sp³-hybridized carbons (Fsp3) is 0.143. The summed E-state index contributed by atoms with van der Waals surface area (Å²) in [5.74, 6) is -1.33. The summed E-state index contributed by atoms with van der Waals surface area (Å²) < 4.78 is 0. The van der Waals surface area contributed by atoms with Gasteiger partial charge in [-0.25, -0.2) is 4.79 Å². The van der Waals surface area contributed by atoms with Crippen LogP contribution in [-0.4, -0.2) is 17.0 Å². The zero-order chi connectivity index (χ0) is 14.0. The molecule has 2 N–H and O–H groups in total. The number of aryl methyl sites for hydroxylation is 2. The van der Waals surface area contributed by atoms with E-state index in [2.05, 4.69) is 5.32 Å². The van der Waals surface area contributed by atoms with Crippen molar-refractivity contribution in [3.05, 3.63) is 51.2 Å². The molecule has 0 saturated heterocycles. The SMILES string of the molecule is Cc1cc(C)cc(C(=O)Nc2ccsc2C(=O)O)c1. The van der Waals surface area contributed by atoms with Crippen LogP contribution in [0.15, 0.2) is 29.6 Å². The normalized spacial score (nSPS) is 10.2. The molecule has 0 radical (unpaired) electrons. The van der Waals surface area contributed by atoms with E-state index in [4.69, 9.17) is 5.11 Å². The van der Waals surface area contributed by atoms with Gasteiger partial charge >= 0.3 is 5.97 Å². The number of carbonyl (C=O) groups is 2. The van der Waals surface area contributed by atoms with Gasteiger partial charge < -0.3 is 10.4 Å². The molecule has 0 spiro atoms. The van der Waals surface area contributed by atoms with Crippen LogP contribution in [-0.2, 0) is 0 Å². The number of carboxylic acids is 1. The summed E-state index contributed by atoms with van der Waals surface area (Å²) in [6.07, 6.45) is 0. The van der Waals surface area contributed by atoms with Crippen molar-refractivity contribution in [2.75, 3.05) is 5.32 Å². The first kappa shape index (κ1) is 13.3. The maximum atomic E-state index is 12.1. The van der Waals surface area contributed by atoms with Crippen molar-refractivity contribution in [2.45, 2.75) is 13.8 Å². The van der Waals surface area contributed by atoms with Crippen LogP contribution >= 0.6 is 11.3 Å². The number of hydrogen-bond donors (Lipinski definition) is 2. The van der Waals surface area contributed by atoms with Crippen LogP contribution in [0.2, 0.25) is 0 Å². The van der Waals surface area contributed by atoms with Crippen molar-refractivity contribution in [2.24, 2.45) is 0 Å². The quantitative estimate of drug-likeness (QED) is 0.903. The van der Waals surface area contributed by atoms with E-state index in [1.54, 1.807) is 23.6 Å². The lowest BCUT2D eigenvalue weighted by atomic mass is 10.1. The van der Waals surface area contributed by atoms with Gasteiger partial charge in [-0.1, -0.05) is 17.2 Å². The van der Waals surface area contributed by atoms with Crippen LogP contribution < -0.4 is 5.32 Å². The third kappa shape index (κ3) is 3.00. The number of rotatable bonds is 3. The zero-order valence-corrected chi connectivity index (χ0v) is 11.4. The number of amides is 1. The molecule has 5 heteroatoms. The Morgan fingerprint density at radius 2 is 1.79 bits per heavy atom. The highest BCUT2D eigenvalue weighted by Gasteiger charge is 2.15. The smallest absolute Gasteiger partial charge is 0.348 e. The third-order valence-electron chi connectivity index (χ3n) is 2.59. The van der Waals surface area contributed by atoms with Gasteiger partial charge in [-0.15, -0.1) is 11.3 Å². The van der Waals surface area contributed by atoms with Crippen molar-refractivity contribution in [3.8, 4) is 0 Å². The molecule has 0 aliphatic heterocycles. The predicted octanol–water partition coefficient (Wildman–Crippen LogP) is 3.32. The molecule has 2 aromatic rings. The third-order valence-corrected chi connectivity index (χ3v) is 3.49. The molecule has 0 aliphatic rings. The summed E-state index contributed by atoms with van der Waals surface area (Å²) in [6, 6.07) is 7.11. The lowest BCUT2D eigenvalue weighted by Crippen LogP contribution is -2.13. The van der Waals surface area contributed by atoms with Crippen LogP contribution in [0.1, 0.15) is 31.2 Å². The van der Waals surface area contributed by atoms with Crippen molar-refractivity contribution in [1.29, 1.82) is 0 Å². The molecule has 0 unspecified atom stereocenters. The number of thiophene rings is 1. The molecular formula is C14H13NO3S. The van der Waals surface area contributed by atoms with Crippen LogP contribution in [0.4, 0.5) is 5.69 Å². The average molecular weight is 275 g/mol. The highest BCUT2D eigenvalue weighted by molar-refractivity contribution is 7.12. The molecule has 2 rings (SSSR count). The Morgan fingerprint density at radius 1 is 1.16 bits per heavy atom. The number of aromatic carboxylic acids is 1. The Labute approximate surface area is 114 Å². The summed E-state index contributed by atoms with van der Waals surface area (Å²) in [5.41, 5.74) is 2.85. The highest BCUT2D eigenvalue weighted by Crippen LogP contribution is 2.23. The number of carbonyl (C=O) groups excluding carboxylic acids is 1. The molecule has 0 bridgehead atoms. The molecule has 1 amide bonds. The van der Waals surface area contributed by atoms with Crippen molar-refractivity contribution >= 4 is 28.9 Å². The Balaban J connectivity index is 2.25. The first-order chi connectivity index (χ1) is 8.97. The van der Waals surface area contributed by atoms with Gasteiger partial charge in [0.2, 0.25) is 0 Å². The monoisotopic (exact) mass is 275 g/mol. The number of benzene rings is 1. The van der Waals surface area contributed by atoms with E-state index in [1.807, 2.05) is 19.9 Å². The predicted molar refractivity (Wildman–Crippen MR) is 75.1 cm³/mol. The van der Waals surface area contributed by atoms with Gasteiger partial charge in [-0.05, 0) is 37.4 Å². The van der Waals surface area contributed by atoms with E-state index in [-0.39, 0.29) is 10.8 Å². The number of carboxylic acid groups (broad SMARTS) is 1. The van der Waals surface area contributed by atoms with Crippen molar-refractivity contribution in [1.82, 2.24) is 0 Å². The molecule has 0 atom stereocenters. The Hall–Kier alpha value is -2.14. The molecule has 0 saturated carbocycles. The lowest BCUT2D eigenvalue weighted by molar-refractivity contribution is 0.0703. The molecule has 4 nitrogen and oxygen atoms in total. The molecule has 19 heavy (non-hydrogen) atoms. The maximum absolute atomic E-state index is 12.1. The number of nitrogens with one attached hydrogen (secondary N) is 1. The van der Waals surface area contributed by atoms with E-state index < -0.39 is 5.97 Å². The molecule has 98 valence electrons. The van der Waals surface area contributed by atoms with Gasteiger partial charge in [0.1, 0.15) is 4.88 Å². The second-order valence-electron chi connectivity index (χ2n) is 4.30. The minimum atomic E-state index is -1.04. The summed E-state index contributed by atoms with van der Waals surface area (Å²) in [7, 11) is 0. The van der Waals surface area contributed by atoms with Crippen LogP contribution in [0, 0.1) is 13.8 Å². The molecular weight excluding hydrogens is 262 g/mol. The summed E-state index contributed by atoms with van der Waals surface area (Å²) in [6.45, 7) is 3.83. The Morgan fingerprint density at radius 3 is 2.37 bits per heavy atom. The average Bonchev–Trinajstić information content (AvgIpc) is 2.75. The summed E-state index contributed by atoms with van der Waals surface area (Å²) in [4.78, 5) is 23.2. The van der Waals surface area contributed by atoms with E-state index in [0.29, 0.717) is 11.3 Å². The van der Waals surface area contributed by atoms with Crippen molar-refractivity contribution < 1.29 is 14.7 Å². The van der Waals surface area contributed by atoms with Gasteiger partial charge in [0.15, 0.2) is 0 Å². The second kappa shape index (κ2) is 5.24. The molecule has 1 heterocycles. The van der Waals surface area contributed by atoms with E-state index in [0.717, 1.165) is 22.5 Å². The van der Waals surface area contributed by atoms with Crippen LogP contribution in [0.3, 0.4) is 0 Å². The van der Waals surface area contributed by atoms with Gasteiger partial charge in [0.25, 0.3) is 5.91 Å². The lowest BCUT2D eigenvalue weighted by Gasteiger charge is -2.06. The second-order valence-corrected chi connectivity index (χ2v) is 5.22. The molecule has 0 aliphatic carbocycles. The van der Waals surface area contributed by atoms with Crippen LogP contribution in [0.5, 0.6) is 0 Å². The molecule has 0 fully saturated rings. The van der Waals surface area contributed by atoms with E-state index in [1.165, 1.54) is 0 Å². The van der Waals surface area contributed by atoms with E-state index >= 15 is 0 Å².